The van der Waals surface area contributed by atoms with Gasteiger partial charge in [0.05, 0.1) is 4.92 Å². The van der Waals surface area contributed by atoms with Crippen LogP contribution < -0.4 is 0 Å². The zero-order valence-electron chi connectivity index (χ0n) is 8.22. The normalized spacial score (nSPS) is 10.3. The molecule has 0 spiro atoms. The maximum Gasteiger partial charge on any atom is 0.272 e. The Kier molecular flexibility index (Phi) is 4.20. The van der Waals surface area contributed by atoms with E-state index in [1.54, 1.807) is 12.1 Å². The van der Waals surface area contributed by atoms with Crippen molar-refractivity contribution in [2.24, 2.45) is 0 Å². The first-order valence-electron chi connectivity index (χ1n) is 4.67. The second-order valence-corrected chi connectivity index (χ2v) is 3.17. The van der Waals surface area contributed by atoms with Gasteiger partial charge in [0.2, 0.25) is 0 Å². The second-order valence-electron chi connectivity index (χ2n) is 3.17. The molecule has 15 heavy (non-hydrogen) atoms. The van der Waals surface area contributed by atoms with Crippen molar-refractivity contribution in [2.45, 2.75) is 12.8 Å². The van der Waals surface area contributed by atoms with E-state index in [9.17, 15) is 10.1 Å². The highest BCUT2D eigenvalue weighted by atomic mass is 16.6. The molecule has 0 aromatic heterocycles. The molecule has 0 saturated carbocycles. The number of nitrogens with zero attached hydrogens (tertiary/aromatic N) is 1. The molecular formula is C10H13NO4. The number of aliphatic hydroxyl groups excluding tert-OH is 2. The van der Waals surface area contributed by atoms with Crippen LogP contribution in [0.25, 0.3) is 0 Å². The van der Waals surface area contributed by atoms with E-state index in [0.29, 0.717) is 12.0 Å². The second kappa shape index (κ2) is 5.43. The lowest BCUT2D eigenvalue weighted by Gasteiger charge is -2.03. The molecule has 0 saturated heterocycles. The molecule has 0 radical (unpaired) electrons. The summed E-state index contributed by atoms with van der Waals surface area (Å²) < 4.78 is 0. The summed E-state index contributed by atoms with van der Waals surface area (Å²) in [7, 11) is 0. The Morgan fingerprint density at radius 2 is 1.87 bits per heavy atom. The highest BCUT2D eigenvalue weighted by Crippen LogP contribution is 2.21. The van der Waals surface area contributed by atoms with E-state index in [1.165, 1.54) is 6.07 Å². The Morgan fingerprint density at radius 3 is 2.40 bits per heavy atom. The molecule has 0 aliphatic carbocycles. The van der Waals surface area contributed by atoms with Gasteiger partial charge >= 0.3 is 0 Å². The van der Waals surface area contributed by atoms with Gasteiger partial charge in [-0.3, -0.25) is 10.1 Å². The van der Waals surface area contributed by atoms with Crippen LogP contribution in [-0.2, 0) is 12.8 Å². The van der Waals surface area contributed by atoms with Gasteiger partial charge in [-0.25, -0.2) is 0 Å². The fourth-order valence-corrected chi connectivity index (χ4v) is 1.40. The van der Waals surface area contributed by atoms with Crippen LogP contribution in [0.5, 0.6) is 0 Å². The lowest BCUT2D eigenvalue weighted by Crippen LogP contribution is -2.00. The Morgan fingerprint density at radius 1 is 1.20 bits per heavy atom. The van der Waals surface area contributed by atoms with Crippen molar-refractivity contribution in [3.63, 3.8) is 0 Å². The fourth-order valence-electron chi connectivity index (χ4n) is 1.40. The molecule has 2 N–H and O–H groups in total. The van der Waals surface area contributed by atoms with Crippen LogP contribution in [0.1, 0.15) is 11.1 Å². The molecule has 0 aliphatic rings. The Hall–Kier alpha value is -1.46. The number of nitro benzene ring substituents is 1. The van der Waals surface area contributed by atoms with Crippen LogP contribution in [0.15, 0.2) is 18.2 Å². The molecule has 82 valence electrons. The van der Waals surface area contributed by atoms with Crippen molar-refractivity contribution in [3.8, 4) is 0 Å². The van der Waals surface area contributed by atoms with Crippen molar-refractivity contribution in [2.75, 3.05) is 13.2 Å². The van der Waals surface area contributed by atoms with Crippen molar-refractivity contribution in [1.29, 1.82) is 0 Å². The fraction of sp³-hybridized carbons (Fsp3) is 0.400. The molecule has 0 heterocycles. The highest BCUT2D eigenvalue weighted by molar-refractivity contribution is 5.43. The smallest absolute Gasteiger partial charge is 0.272 e. The minimum absolute atomic E-state index is 0.00926. The van der Waals surface area contributed by atoms with E-state index in [2.05, 4.69) is 0 Å². The topological polar surface area (TPSA) is 83.6 Å². The van der Waals surface area contributed by atoms with Gasteiger partial charge in [-0.15, -0.1) is 0 Å². The molecule has 1 aromatic rings. The molecule has 1 aromatic carbocycles. The van der Waals surface area contributed by atoms with E-state index < -0.39 is 4.92 Å². The maximum absolute atomic E-state index is 10.7. The Balaban J connectivity index is 3.03. The van der Waals surface area contributed by atoms with Gasteiger partial charge in [-0.05, 0) is 12.0 Å². The summed E-state index contributed by atoms with van der Waals surface area (Å²) in [4.78, 5) is 10.2. The number of rotatable bonds is 5. The third kappa shape index (κ3) is 3.00. The highest BCUT2D eigenvalue weighted by Gasteiger charge is 2.13. The number of hydrogen-bond acceptors (Lipinski definition) is 4. The summed E-state index contributed by atoms with van der Waals surface area (Å²) in [5, 5.41) is 28.2. The molecule has 1 rings (SSSR count). The SMILES string of the molecule is O=[N+]([O-])c1cc(CCO)ccc1CCO. The number of nitro groups is 1. The van der Waals surface area contributed by atoms with Crippen molar-refractivity contribution >= 4 is 5.69 Å². The first kappa shape index (κ1) is 11.6. The number of aliphatic hydroxyl groups is 2. The summed E-state index contributed by atoms with van der Waals surface area (Å²) >= 11 is 0. The zero-order chi connectivity index (χ0) is 11.3. The van der Waals surface area contributed by atoms with E-state index in [0.717, 1.165) is 5.56 Å². The lowest BCUT2D eigenvalue weighted by molar-refractivity contribution is -0.385. The lowest BCUT2D eigenvalue weighted by atomic mass is 10.1. The van der Waals surface area contributed by atoms with Gasteiger partial charge in [0, 0.05) is 31.3 Å². The molecule has 0 atom stereocenters. The molecule has 0 bridgehead atoms. The van der Waals surface area contributed by atoms with Crippen LogP contribution in [0.2, 0.25) is 0 Å². The van der Waals surface area contributed by atoms with E-state index in [1.807, 2.05) is 0 Å². The van der Waals surface area contributed by atoms with Gasteiger partial charge < -0.3 is 10.2 Å². The van der Waals surface area contributed by atoms with Gasteiger partial charge in [-0.2, -0.15) is 0 Å². The van der Waals surface area contributed by atoms with Gasteiger partial charge in [0.1, 0.15) is 0 Å². The Bertz CT molecular complexity index is 351. The largest absolute Gasteiger partial charge is 0.396 e. The Labute approximate surface area is 87.1 Å². The maximum atomic E-state index is 10.7. The molecular weight excluding hydrogens is 198 g/mol. The summed E-state index contributed by atoms with van der Waals surface area (Å²) in [6.45, 7) is -0.142. The number of hydrogen-bond donors (Lipinski definition) is 2. The van der Waals surface area contributed by atoms with Crippen LogP contribution >= 0.6 is 0 Å². The molecule has 5 nitrogen and oxygen atoms in total. The van der Waals surface area contributed by atoms with E-state index in [4.69, 9.17) is 10.2 Å². The van der Waals surface area contributed by atoms with E-state index >= 15 is 0 Å². The van der Waals surface area contributed by atoms with Gasteiger partial charge in [-0.1, -0.05) is 12.1 Å². The van der Waals surface area contributed by atoms with E-state index in [-0.39, 0.29) is 25.3 Å². The summed E-state index contributed by atoms with van der Waals surface area (Å²) in [5.41, 5.74) is 1.25. The summed E-state index contributed by atoms with van der Waals surface area (Å²) in [6.07, 6.45) is 0.677. The molecule has 0 fully saturated rings. The molecule has 0 unspecified atom stereocenters. The minimum atomic E-state index is -0.466. The summed E-state index contributed by atoms with van der Waals surface area (Å²) in [6, 6.07) is 4.80. The predicted molar refractivity (Wildman–Crippen MR) is 54.7 cm³/mol. The van der Waals surface area contributed by atoms with Gasteiger partial charge in [0.15, 0.2) is 0 Å². The zero-order valence-corrected chi connectivity index (χ0v) is 8.22. The summed E-state index contributed by atoms with van der Waals surface area (Å²) in [5.74, 6) is 0. The van der Waals surface area contributed by atoms with Crippen molar-refractivity contribution < 1.29 is 15.1 Å². The molecule has 5 heteroatoms. The third-order valence-electron chi connectivity index (χ3n) is 2.13. The average Bonchev–Trinajstić information content (AvgIpc) is 2.21. The van der Waals surface area contributed by atoms with Crippen LogP contribution in [0.3, 0.4) is 0 Å². The minimum Gasteiger partial charge on any atom is -0.396 e. The number of benzene rings is 1. The molecule has 0 aliphatic heterocycles. The van der Waals surface area contributed by atoms with Crippen LogP contribution in [0, 0.1) is 10.1 Å². The standard InChI is InChI=1S/C10H13NO4/c12-5-3-8-1-2-9(4-6-13)10(7-8)11(14)15/h1-2,7,12-13H,3-6H2. The molecule has 0 amide bonds. The quantitative estimate of drug-likeness (QED) is 0.553. The van der Waals surface area contributed by atoms with Crippen molar-refractivity contribution in [1.82, 2.24) is 0 Å². The van der Waals surface area contributed by atoms with Gasteiger partial charge in [0.25, 0.3) is 5.69 Å². The first-order chi connectivity index (χ1) is 7.19. The first-order valence-corrected chi connectivity index (χ1v) is 4.67. The third-order valence-corrected chi connectivity index (χ3v) is 2.13. The van der Waals surface area contributed by atoms with Crippen LogP contribution in [-0.4, -0.2) is 28.4 Å². The predicted octanol–water partition coefficient (Wildman–Crippen LogP) is 0.664. The average molecular weight is 211 g/mol. The van der Waals surface area contributed by atoms with Crippen LogP contribution in [0.4, 0.5) is 5.69 Å². The van der Waals surface area contributed by atoms with Crippen molar-refractivity contribution in [3.05, 3.63) is 39.4 Å². The monoisotopic (exact) mass is 211 g/mol.